The molecule has 2 heterocycles. The molecule has 9 heteroatoms. The largest absolute Gasteiger partial charge is 0.469 e. The van der Waals surface area contributed by atoms with Crippen molar-refractivity contribution in [3.8, 4) is 5.69 Å². The molecule has 154 valence electrons. The zero-order valence-electron chi connectivity index (χ0n) is 16.5. The summed E-state index contributed by atoms with van der Waals surface area (Å²) in [5.41, 5.74) is 1.57. The summed E-state index contributed by atoms with van der Waals surface area (Å²) >= 11 is 7.69. The zero-order chi connectivity index (χ0) is 21.0. The molecule has 3 rings (SSSR count). The highest BCUT2D eigenvalue weighted by Gasteiger charge is 2.22. The van der Waals surface area contributed by atoms with Crippen LogP contribution in [0.2, 0.25) is 5.02 Å². The Morgan fingerprint density at radius 2 is 2.00 bits per heavy atom. The summed E-state index contributed by atoms with van der Waals surface area (Å²) in [4.78, 5) is 27.7. The first-order valence-corrected chi connectivity index (χ1v) is 10.2. The van der Waals surface area contributed by atoms with E-state index in [4.69, 9.17) is 16.3 Å². The normalized spacial score (nSPS) is 11.0. The number of nitrogens with zero attached hydrogens (tertiary/aromatic N) is 3. The Morgan fingerprint density at radius 3 is 2.69 bits per heavy atom. The van der Waals surface area contributed by atoms with Crippen LogP contribution in [0.1, 0.15) is 21.8 Å². The van der Waals surface area contributed by atoms with Gasteiger partial charge in [0.25, 0.3) is 5.91 Å². The van der Waals surface area contributed by atoms with Crippen molar-refractivity contribution in [3.05, 3.63) is 45.9 Å². The molecule has 1 aromatic carbocycles. The van der Waals surface area contributed by atoms with E-state index in [0.717, 1.165) is 21.6 Å². The highest BCUT2D eigenvalue weighted by molar-refractivity contribution is 7.20. The number of fused-ring (bicyclic) bond motifs is 1. The van der Waals surface area contributed by atoms with E-state index in [1.807, 2.05) is 31.2 Å². The molecular formula is C20H22ClN3O4S. The van der Waals surface area contributed by atoms with Crippen LogP contribution in [-0.2, 0) is 14.3 Å². The second-order valence-electron chi connectivity index (χ2n) is 6.39. The average molecular weight is 436 g/mol. The zero-order valence-corrected chi connectivity index (χ0v) is 18.0. The molecule has 7 nitrogen and oxygen atoms in total. The highest BCUT2D eigenvalue weighted by Crippen LogP contribution is 2.33. The van der Waals surface area contributed by atoms with Gasteiger partial charge in [0.1, 0.15) is 4.83 Å². The summed E-state index contributed by atoms with van der Waals surface area (Å²) in [5.74, 6) is -0.515. The smallest absolute Gasteiger partial charge is 0.307 e. The predicted octanol–water partition coefficient (Wildman–Crippen LogP) is 3.70. The fourth-order valence-corrected chi connectivity index (χ4v) is 4.30. The van der Waals surface area contributed by atoms with Crippen LogP contribution in [-0.4, -0.2) is 60.5 Å². The van der Waals surface area contributed by atoms with Crippen molar-refractivity contribution in [2.75, 3.05) is 33.9 Å². The van der Waals surface area contributed by atoms with Crippen LogP contribution in [0.5, 0.6) is 0 Å². The number of benzene rings is 1. The minimum absolute atomic E-state index is 0.128. The number of thiophene rings is 1. The monoisotopic (exact) mass is 435 g/mol. The van der Waals surface area contributed by atoms with E-state index in [9.17, 15) is 9.59 Å². The molecule has 29 heavy (non-hydrogen) atoms. The van der Waals surface area contributed by atoms with Gasteiger partial charge in [0, 0.05) is 25.6 Å². The molecule has 3 aromatic rings. The number of methoxy groups -OCH3 is 2. The SMILES string of the molecule is COCCN(CCC(=O)OC)C(=O)c1cc2c(C)nn(-c3ccccc3Cl)c2s1. The molecule has 0 bridgehead atoms. The van der Waals surface area contributed by atoms with Gasteiger partial charge in [-0.05, 0) is 25.1 Å². The molecular weight excluding hydrogens is 414 g/mol. The number of carbonyl (C=O) groups excluding carboxylic acids is 2. The van der Waals surface area contributed by atoms with Crippen molar-refractivity contribution in [1.29, 1.82) is 0 Å². The summed E-state index contributed by atoms with van der Waals surface area (Å²) < 4.78 is 11.6. The van der Waals surface area contributed by atoms with Gasteiger partial charge in [-0.1, -0.05) is 23.7 Å². The summed E-state index contributed by atoms with van der Waals surface area (Å²) in [7, 11) is 2.91. The van der Waals surface area contributed by atoms with Crippen LogP contribution in [0, 0.1) is 6.92 Å². The highest BCUT2D eigenvalue weighted by atomic mass is 35.5. The van der Waals surface area contributed by atoms with Crippen molar-refractivity contribution in [3.63, 3.8) is 0 Å². The quantitative estimate of drug-likeness (QED) is 0.504. The third-order valence-electron chi connectivity index (χ3n) is 4.50. The lowest BCUT2D eigenvalue weighted by atomic mass is 10.2. The predicted molar refractivity (Wildman–Crippen MR) is 113 cm³/mol. The maximum absolute atomic E-state index is 13.1. The van der Waals surface area contributed by atoms with Gasteiger partial charge in [-0.15, -0.1) is 11.3 Å². The number of halogens is 1. The second kappa shape index (κ2) is 9.39. The van der Waals surface area contributed by atoms with Crippen LogP contribution in [0.25, 0.3) is 15.9 Å². The first kappa shape index (κ1) is 21.3. The maximum Gasteiger partial charge on any atom is 0.307 e. The summed E-state index contributed by atoms with van der Waals surface area (Å²) in [6.07, 6.45) is 0.128. The third-order valence-corrected chi connectivity index (χ3v) is 5.92. The van der Waals surface area contributed by atoms with Gasteiger partial charge in [-0.3, -0.25) is 9.59 Å². The minimum atomic E-state index is -0.359. The third kappa shape index (κ3) is 4.60. The van der Waals surface area contributed by atoms with Crippen LogP contribution in [0.15, 0.2) is 30.3 Å². The number of aromatic nitrogens is 2. The van der Waals surface area contributed by atoms with Gasteiger partial charge in [-0.25, -0.2) is 4.68 Å². The van der Waals surface area contributed by atoms with Gasteiger partial charge < -0.3 is 14.4 Å². The molecule has 2 aromatic heterocycles. The van der Waals surface area contributed by atoms with Gasteiger partial charge >= 0.3 is 5.97 Å². The molecule has 0 N–H and O–H groups in total. The van der Waals surface area contributed by atoms with E-state index in [1.54, 1.807) is 22.8 Å². The number of amides is 1. The molecule has 0 aliphatic rings. The van der Waals surface area contributed by atoms with E-state index < -0.39 is 0 Å². The summed E-state index contributed by atoms with van der Waals surface area (Å²) in [5, 5.41) is 6.07. The molecule has 0 saturated heterocycles. The fraction of sp³-hybridized carbons (Fsp3) is 0.350. The molecule has 0 aliphatic heterocycles. The first-order valence-electron chi connectivity index (χ1n) is 9.05. The number of rotatable bonds is 8. The molecule has 0 fully saturated rings. The Bertz CT molecular complexity index is 1030. The van der Waals surface area contributed by atoms with Crippen molar-refractivity contribution < 1.29 is 19.1 Å². The Labute approximate surface area is 177 Å². The molecule has 0 unspecified atom stereocenters. The average Bonchev–Trinajstić information content (AvgIpc) is 3.28. The Kier molecular flexibility index (Phi) is 6.89. The van der Waals surface area contributed by atoms with Crippen LogP contribution in [0.4, 0.5) is 0 Å². The van der Waals surface area contributed by atoms with Gasteiger partial charge in [-0.2, -0.15) is 5.10 Å². The molecule has 0 atom stereocenters. The maximum atomic E-state index is 13.1. The van der Waals surface area contributed by atoms with Crippen LogP contribution in [0.3, 0.4) is 0 Å². The number of esters is 1. The van der Waals surface area contributed by atoms with E-state index >= 15 is 0 Å². The first-order chi connectivity index (χ1) is 14.0. The Hall–Kier alpha value is -2.42. The van der Waals surface area contributed by atoms with E-state index in [0.29, 0.717) is 23.1 Å². The lowest BCUT2D eigenvalue weighted by molar-refractivity contribution is -0.140. The Balaban J connectivity index is 1.93. The van der Waals surface area contributed by atoms with E-state index in [2.05, 4.69) is 9.84 Å². The summed E-state index contributed by atoms with van der Waals surface area (Å²) in [6, 6.07) is 9.28. The molecule has 1 amide bonds. The molecule has 0 aliphatic carbocycles. The molecule has 0 saturated carbocycles. The molecule has 0 spiro atoms. The van der Waals surface area contributed by atoms with Crippen molar-refractivity contribution in [2.24, 2.45) is 0 Å². The number of carbonyl (C=O) groups is 2. The minimum Gasteiger partial charge on any atom is -0.469 e. The number of aryl methyl sites for hydroxylation is 1. The lowest BCUT2D eigenvalue weighted by Crippen LogP contribution is -2.35. The van der Waals surface area contributed by atoms with Crippen molar-refractivity contribution >= 4 is 45.0 Å². The van der Waals surface area contributed by atoms with Gasteiger partial charge in [0.2, 0.25) is 0 Å². The lowest BCUT2D eigenvalue weighted by Gasteiger charge is -2.21. The van der Waals surface area contributed by atoms with Crippen molar-refractivity contribution in [2.45, 2.75) is 13.3 Å². The van der Waals surface area contributed by atoms with Crippen LogP contribution < -0.4 is 0 Å². The standard InChI is InChI=1S/C20H22ClN3O4S/c1-13-14-12-17(19(26)23(10-11-27-2)9-8-18(25)28-3)29-20(14)24(22-13)16-7-5-4-6-15(16)21/h4-7,12H,8-11H2,1-3H3. The summed E-state index contributed by atoms with van der Waals surface area (Å²) in [6.45, 7) is 2.93. The number of hydrogen-bond donors (Lipinski definition) is 0. The number of hydrogen-bond acceptors (Lipinski definition) is 6. The van der Waals surface area contributed by atoms with Gasteiger partial charge in [0.05, 0.1) is 41.4 Å². The second-order valence-corrected chi connectivity index (χ2v) is 7.83. The van der Waals surface area contributed by atoms with E-state index in [-0.39, 0.29) is 24.8 Å². The number of ether oxygens (including phenoxy) is 2. The number of para-hydroxylation sites is 1. The van der Waals surface area contributed by atoms with Gasteiger partial charge in [0.15, 0.2) is 0 Å². The molecule has 0 radical (unpaired) electrons. The fourth-order valence-electron chi connectivity index (χ4n) is 2.94. The topological polar surface area (TPSA) is 73.7 Å². The Morgan fingerprint density at radius 1 is 1.24 bits per heavy atom. The van der Waals surface area contributed by atoms with E-state index in [1.165, 1.54) is 18.4 Å². The van der Waals surface area contributed by atoms with Crippen LogP contribution >= 0.6 is 22.9 Å². The van der Waals surface area contributed by atoms with Crippen molar-refractivity contribution in [1.82, 2.24) is 14.7 Å².